The van der Waals surface area contributed by atoms with E-state index >= 15 is 0 Å². The van der Waals surface area contributed by atoms with Crippen molar-refractivity contribution in [1.82, 2.24) is 19.1 Å². The van der Waals surface area contributed by atoms with Gasteiger partial charge < -0.3 is 38.3 Å². The molecule has 60 heavy (non-hydrogen) atoms. The molecule has 0 bridgehead atoms. The van der Waals surface area contributed by atoms with Gasteiger partial charge in [0.15, 0.2) is 11.2 Å². The standard InChI is InChI=1S/C45H38N4O11/c1-5-23-25-13-21(9-11-33(25)46-37-27(23)17-48-35(37)15-31-29(39(48)50)19-57-41(52)44(31,55)7-3)59-43(54)60-22-10-12-34-26(14-22)24(6-2)28-18-49-36(38(28)47-34)16-32-30(40(49)51)20-58-42(53)45(32,56)8-4/h9-16,55-56H,5-8,17-20H2,1-4H3/t44-,45-/m0/s1. The first-order chi connectivity index (χ1) is 28.8. The molecule has 15 heteroatoms. The Morgan fingerprint density at radius 3 is 1.45 bits per heavy atom. The zero-order valence-corrected chi connectivity index (χ0v) is 33.1. The number of nitrogens with zero attached hydrogens (tertiary/aromatic N) is 4. The molecule has 15 nitrogen and oxygen atoms in total. The first-order valence-corrected chi connectivity index (χ1v) is 20.0. The first kappa shape index (κ1) is 37.6. The molecule has 4 aromatic heterocycles. The number of hydrogen-bond acceptors (Lipinski definition) is 13. The van der Waals surface area contributed by atoms with E-state index in [1.165, 1.54) is 0 Å². The van der Waals surface area contributed by atoms with Gasteiger partial charge in [-0.3, -0.25) is 9.59 Å². The molecule has 2 aromatic carbocycles. The Kier molecular flexibility index (Phi) is 8.23. The Balaban J connectivity index is 0.945. The summed E-state index contributed by atoms with van der Waals surface area (Å²) in [6.45, 7) is 7.31. The summed E-state index contributed by atoms with van der Waals surface area (Å²) in [4.78, 5) is 75.8. The van der Waals surface area contributed by atoms with E-state index in [4.69, 9.17) is 28.9 Å². The maximum atomic E-state index is 13.7. The number of carbonyl (C=O) groups is 3. The highest BCUT2D eigenvalue weighted by molar-refractivity contribution is 5.92. The predicted molar refractivity (Wildman–Crippen MR) is 214 cm³/mol. The van der Waals surface area contributed by atoms with Gasteiger partial charge in [-0.1, -0.05) is 27.7 Å². The van der Waals surface area contributed by atoms with Gasteiger partial charge in [-0.15, -0.1) is 0 Å². The van der Waals surface area contributed by atoms with Gasteiger partial charge in [-0.25, -0.2) is 24.4 Å². The van der Waals surface area contributed by atoms with E-state index in [0.717, 1.165) is 33.0 Å². The number of hydrogen-bond donors (Lipinski definition) is 2. The van der Waals surface area contributed by atoms with Crippen LogP contribution in [0.3, 0.4) is 0 Å². The molecule has 0 spiro atoms. The van der Waals surface area contributed by atoms with Crippen molar-refractivity contribution in [3.8, 4) is 34.3 Å². The molecule has 6 aromatic rings. The third kappa shape index (κ3) is 5.11. The minimum Gasteiger partial charge on any atom is -0.458 e. The van der Waals surface area contributed by atoms with Gasteiger partial charge in [0.2, 0.25) is 0 Å². The van der Waals surface area contributed by atoms with Gasteiger partial charge in [0.05, 0.1) is 58.0 Å². The van der Waals surface area contributed by atoms with Crippen molar-refractivity contribution in [3.63, 3.8) is 0 Å². The van der Waals surface area contributed by atoms with E-state index in [0.29, 0.717) is 46.7 Å². The number of aryl methyl sites for hydroxylation is 2. The fraction of sp³-hybridized carbons (Fsp3) is 0.311. The van der Waals surface area contributed by atoms with Crippen LogP contribution in [0.4, 0.5) is 4.79 Å². The van der Waals surface area contributed by atoms with Crippen LogP contribution in [0.25, 0.3) is 44.6 Å². The highest BCUT2D eigenvalue weighted by Gasteiger charge is 2.47. The summed E-state index contributed by atoms with van der Waals surface area (Å²) >= 11 is 0. The Morgan fingerprint density at radius 2 is 1.07 bits per heavy atom. The number of pyridine rings is 4. The van der Waals surface area contributed by atoms with Crippen LogP contribution in [0, 0.1) is 0 Å². The van der Waals surface area contributed by atoms with E-state index in [-0.39, 0.29) is 84.0 Å². The van der Waals surface area contributed by atoms with Gasteiger partial charge in [-0.05, 0) is 85.3 Å². The molecular formula is C45H38N4O11. The lowest BCUT2D eigenvalue weighted by Gasteiger charge is -2.31. The second-order valence-electron chi connectivity index (χ2n) is 15.6. The lowest BCUT2D eigenvalue weighted by Crippen LogP contribution is -2.44. The van der Waals surface area contributed by atoms with Crippen molar-refractivity contribution in [3.05, 3.63) is 114 Å². The predicted octanol–water partition coefficient (Wildman–Crippen LogP) is 5.18. The maximum absolute atomic E-state index is 13.7. The van der Waals surface area contributed by atoms with Crippen molar-refractivity contribution < 1.29 is 43.5 Å². The smallest absolute Gasteiger partial charge is 0.458 e. The van der Waals surface area contributed by atoms with E-state index in [2.05, 4.69) is 0 Å². The summed E-state index contributed by atoms with van der Waals surface area (Å²) in [5, 5.41) is 24.0. The Labute approximate surface area is 340 Å². The summed E-state index contributed by atoms with van der Waals surface area (Å²) in [7, 11) is 0. The molecule has 4 aliphatic rings. The Hall–Kier alpha value is -6.71. The van der Waals surface area contributed by atoms with Crippen molar-refractivity contribution in [2.24, 2.45) is 0 Å². The van der Waals surface area contributed by atoms with Gasteiger partial charge >= 0.3 is 18.1 Å². The van der Waals surface area contributed by atoms with Crippen molar-refractivity contribution in [2.45, 2.75) is 90.9 Å². The molecule has 0 saturated heterocycles. The number of benzene rings is 2. The van der Waals surface area contributed by atoms with E-state index in [1.54, 1.807) is 71.5 Å². The fourth-order valence-electron chi connectivity index (χ4n) is 9.43. The molecule has 0 aliphatic carbocycles. The molecule has 8 heterocycles. The quantitative estimate of drug-likeness (QED) is 0.165. The number of esters is 2. The summed E-state index contributed by atoms with van der Waals surface area (Å²) < 4.78 is 25.0. The summed E-state index contributed by atoms with van der Waals surface area (Å²) in [6, 6.07) is 13.4. The number of aliphatic hydroxyl groups is 2. The minimum atomic E-state index is -1.93. The highest BCUT2D eigenvalue weighted by Crippen LogP contribution is 2.43. The average molecular weight is 811 g/mol. The molecular weight excluding hydrogens is 773 g/mol. The molecule has 4 aliphatic heterocycles. The van der Waals surface area contributed by atoms with Crippen LogP contribution in [-0.4, -0.2) is 47.4 Å². The van der Waals surface area contributed by atoms with Gasteiger partial charge in [0.25, 0.3) is 11.1 Å². The van der Waals surface area contributed by atoms with E-state index in [1.807, 2.05) is 13.8 Å². The zero-order chi connectivity index (χ0) is 42.0. The molecule has 0 amide bonds. The van der Waals surface area contributed by atoms with E-state index in [9.17, 15) is 34.2 Å². The maximum Gasteiger partial charge on any atom is 0.519 e. The van der Waals surface area contributed by atoms with Crippen LogP contribution in [0.5, 0.6) is 11.5 Å². The third-order valence-electron chi connectivity index (χ3n) is 12.7. The molecule has 0 unspecified atom stereocenters. The fourth-order valence-corrected chi connectivity index (χ4v) is 9.43. The minimum absolute atomic E-state index is 0.0412. The van der Waals surface area contributed by atoms with E-state index < -0.39 is 29.3 Å². The van der Waals surface area contributed by atoms with Gasteiger partial charge in [0.1, 0.15) is 24.7 Å². The second kappa shape index (κ2) is 13.1. The number of ether oxygens (including phenoxy) is 4. The van der Waals surface area contributed by atoms with Crippen LogP contribution in [0.1, 0.15) is 85.0 Å². The van der Waals surface area contributed by atoms with Crippen molar-refractivity contribution in [1.29, 1.82) is 0 Å². The molecule has 0 fully saturated rings. The van der Waals surface area contributed by atoms with Crippen molar-refractivity contribution in [2.75, 3.05) is 0 Å². The number of rotatable bonds is 6. The average Bonchev–Trinajstić information content (AvgIpc) is 3.80. The lowest BCUT2D eigenvalue weighted by molar-refractivity contribution is -0.172. The molecule has 2 N–H and O–H groups in total. The molecule has 0 radical (unpaired) electrons. The number of fused-ring (bicyclic) bond motifs is 10. The van der Waals surface area contributed by atoms with Crippen LogP contribution in [-0.2, 0) is 69.4 Å². The Morgan fingerprint density at radius 1 is 0.650 bits per heavy atom. The van der Waals surface area contributed by atoms with Crippen LogP contribution in [0.2, 0.25) is 0 Å². The summed E-state index contributed by atoms with van der Waals surface area (Å²) in [5.41, 5.74) is 3.23. The third-order valence-corrected chi connectivity index (χ3v) is 12.7. The number of aromatic nitrogens is 4. The van der Waals surface area contributed by atoms with Crippen LogP contribution >= 0.6 is 0 Å². The normalized spacial score (nSPS) is 19.5. The Bertz CT molecular complexity index is 2890. The van der Waals surface area contributed by atoms with Crippen molar-refractivity contribution >= 4 is 39.9 Å². The second-order valence-corrected chi connectivity index (χ2v) is 15.6. The van der Waals surface area contributed by atoms with Crippen LogP contribution in [0.15, 0.2) is 58.1 Å². The summed E-state index contributed by atoms with van der Waals surface area (Å²) in [6.07, 6.45) is 0.259. The highest BCUT2D eigenvalue weighted by atomic mass is 16.7. The summed E-state index contributed by atoms with van der Waals surface area (Å²) in [5.74, 6) is -1.13. The lowest BCUT2D eigenvalue weighted by atomic mass is 9.86. The monoisotopic (exact) mass is 810 g/mol. The largest absolute Gasteiger partial charge is 0.519 e. The molecule has 0 saturated carbocycles. The van der Waals surface area contributed by atoms with Crippen LogP contribution < -0.4 is 20.6 Å². The molecule has 2 atom stereocenters. The van der Waals surface area contributed by atoms with Gasteiger partial charge in [-0.2, -0.15) is 0 Å². The number of cyclic esters (lactones) is 2. The topological polar surface area (TPSA) is 198 Å². The SMILES string of the molecule is CCc1c2c(nc3ccc(OC(=O)Oc4ccc5nc6c(c(CC)c5c4)Cn4c-6cc5c(c4=O)COC(=O)[C@]5(O)CC)cc13)-c1cc3c(c(=O)n1C2)COC(=O)[C@]3(O)CC. The molecule has 304 valence electrons. The molecule has 10 rings (SSSR count). The zero-order valence-electron chi connectivity index (χ0n) is 33.1. The number of carbonyl (C=O) groups excluding carboxylic acids is 3. The van der Waals surface area contributed by atoms with Gasteiger partial charge in [0, 0.05) is 33.0 Å². The first-order valence-electron chi connectivity index (χ1n) is 20.0.